The van der Waals surface area contributed by atoms with Crippen molar-refractivity contribution in [2.75, 3.05) is 0 Å². The van der Waals surface area contributed by atoms with Crippen LogP contribution in [0.4, 0.5) is 0 Å². The van der Waals surface area contributed by atoms with Gasteiger partial charge in [-0.3, -0.25) is 0 Å². The van der Waals surface area contributed by atoms with Crippen molar-refractivity contribution in [2.24, 2.45) is 0 Å². The highest BCUT2D eigenvalue weighted by Crippen LogP contribution is 2.49. The largest absolute Gasteiger partial charge is 0.456 e. The molecule has 10 heteroatoms. The average Bonchev–Trinajstić information content (AvgIpc) is 1.41. The van der Waals surface area contributed by atoms with Gasteiger partial charge in [0.15, 0.2) is 16.1 Å². The van der Waals surface area contributed by atoms with Crippen molar-refractivity contribution in [2.45, 2.75) is 0 Å². The van der Waals surface area contributed by atoms with Crippen molar-refractivity contribution in [3.8, 4) is 72.7 Å². The molecule has 0 spiro atoms. The number of nitrogens with zero attached hydrogens (tertiary/aromatic N) is 3. The van der Waals surface area contributed by atoms with Gasteiger partial charge in [0, 0.05) is 137 Å². The molecule has 0 unspecified atom stereocenters. The monoisotopic (exact) mass is 1970 g/mol. The van der Waals surface area contributed by atoms with Crippen molar-refractivity contribution >= 4 is 261 Å². The van der Waals surface area contributed by atoms with Crippen molar-refractivity contribution in [1.82, 2.24) is 13.7 Å². The van der Waals surface area contributed by atoms with Gasteiger partial charge >= 0.3 is 0 Å². The Morgan fingerprint density at radius 1 is 0.162 bits per heavy atom. The van der Waals surface area contributed by atoms with Gasteiger partial charge < -0.3 is 22.5 Å². The lowest BCUT2D eigenvalue weighted by Gasteiger charge is -2.35. The molecule has 0 N–H and O–H groups in total. The maximum absolute atomic E-state index is 6.76. The molecule has 148 heavy (non-hydrogen) atoms. The van der Waals surface area contributed by atoms with E-state index in [1.54, 1.807) is 0 Å². The SMILES string of the molecule is c1ccc([Si](c2ccccc2)(c2cccc(-c3cc(-c4ccc5c(c4)sc4c([Si](c6ccccc6)(c6ccccc6)c6cccc7c6sc6ccccc67)cccc45)cc4c3sc3ccccc34)c2)c2cccc(-n3c4ccccc4c4cc(-c5cccc6c5c5ccccc5n6-c5ccc6oc7ccc(-c8cccc(-c9ccc%10oc%11ccc(-n%12c%13ccccc%13c%13ccccc%13%12)cc%11c%10c9)c8)cc7c6c5)ccc43)c2)cc1. The molecule has 8 aromatic heterocycles. The molecular weight excluding hydrogens is 1880 g/mol. The van der Waals surface area contributed by atoms with E-state index >= 15 is 0 Å². The number of fused-ring (bicyclic) bond motifs is 24. The topological polar surface area (TPSA) is 41.1 Å². The summed E-state index contributed by atoms with van der Waals surface area (Å²) in [7, 11) is -6.37. The zero-order chi connectivity index (χ0) is 97.0. The van der Waals surface area contributed by atoms with Crippen molar-refractivity contribution in [3.05, 3.63) is 516 Å². The highest BCUT2D eigenvalue weighted by Gasteiger charge is 2.46. The smallest absolute Gasteiger partial charge is 0.182 e. The number of para-hydroxylation sites is 4. The molecule has 0 radical (unpaired) electrons. The molecule has 31 rings (SSSR count). The Bertz CT molecular complexity index is 10800. The summed E-state index contributed by atoms with van der Waals surface area (Å²) in [5.41, 5.74) is 25.2. The lowest BCUT2D eigenvalue weighted by Crippen LogP contribution is -2.74. The van der Waals surface area contributed by atoms with E-state index in [9.17, 15) is 0 Å². The maximum atomic E-state index is 6.76. The molecule has 0 amide bonds. The van der Waals surface area contributed by atoms with Gasteiger partial charge in [-0.05, 0) is 243 Å². The predicted molar refractivity (Wildman–Crippen MR) is 637 cm³/mol. The van der Waals surface area contributed by atoms with E-state index in [0.29, 0.717) is 0 Å². The number of rotatable bonds is 16. The first-order valence-electron chi connectivity index (χ1n) is 50.7. The summed E-state index contributed by atoms with van der Waals surface area (Å²) < 4.78 is 28.6. The van der Waals surface area contributed by atoms with E-state index in [4.69, 9.17) is 8.83 Å². The minimum absolute atomic E-state index is 0.844. The molecule has 8 heterocycles. The van der Waals surface area contributed by atoms with Gasteiger partial charge in [-0.15, -0.1) is 34.0 Å². The van der Waals surface area contributed by atoms with Gasteiger partial charge in [0.1, 0.15) is 22.3 Å². The van der Waals surface area contributed by atoms with E-state index in [1.807, 2.05) is 34.0 Å². The lowest BCUT2D eigenvalue weighted by atomic mass is 9.95. The molecule has 0 aliphatic carbocycles. The van der Waals surface area contributed by atoms with Gasteiger partial charge in [0.2, 0.25) is 0 Å². The van der Waals surface area contributed by atoms with E-state index in [1.165, 1.54) is 173 Å². The fourth-order valence-electron chi connectivity index (χ4n) is 25.2. The molecule has 31 aromatic rings. The number of thiophene rings is 3. The summed E-state index contributed by atoms with van der Waals surface area (Å²) in [6.07, 6.45) is 0. The number of furan rings is 2. The van der Waals surface area contributed by atoms with Crippen molar-refractivity contribution in [1.29, 1.82) is 0 Å². The number of benzene rings is 23. The third-order valence-electron chi connectivity index (χ3n) is 31.7. The molecule has 23 aromatic carbocycles. The Morgan fingerprint density at radius 2 is 0.514 bits per heavy atom. The van der Waals surface area contributed by atoms with Gasteiger partial charge in [-0.1, -0.05) is 364 Å². The van der Waals surface area contributed by atoms with Gasteiger partial charge in [0.25, 0.3) is 0 Å². The molecule has 0 fully saturated rings. The first kappa shape index (κ1) is 84.6. The molecule has 0 atom stereocenters. The van der Waals surface area contributed by atoms with Crippen LogP contribution >= 0.6 is 34.0 Å². The van der Waals surface area contributed by atoms with Crippen LogP contribution in [0.1, 0.15) is 0 Å². The van der Waals surface area contributed by atoms with Crippen LogP contribution in [0.2, 0.25) is 0 Å². The number of aromatic nitrogens is 3. The minimum Gasteiger partial charge on any atom is -0.456 e. The summed E-state index contributed by atoms with van der Waals surface area (Å²) in [6.45, 7) is 0. The summed E-state index contributed by atoms with van der Waals surface area (Å²) in [6, 6.07) is 195. The van der Waals surface area contributed by atoms with Gasteiger partial charge in [0.05, 0.1) is 33.1 Å². The third-order valence-corrected chi connectivity index (χ3v) is 45.3. The Labute approximate surface area is 865 Å². The van der Waals surface area contributed by atoms with Crippen molar-refractivity contribution in [3.63, 3.8) is 0 Å². The predicted octanol–water partition coefficient (Wildman–Crippen LogP) is 33.0. The minimum atomic E-state index is -3.29. The summed E-state index contributed by atoms with van der Waals surface area (Å²) in [5, 5.41) is 30.1. The fourth-order valence-corrected chi connectivity index (χ4v) is 39.6. The molecule has 0 saturated carbocycles. The summed E-state index contributed by atoms with van der Waals surface area (Å²) in [4.78, 5) is 0. The Morgan fingerprint density at radius 3 is 1.09 bits per heavy atom. The van der Waals surface area contributed by atoms with E-state index in [-0.39, 0.29) is 0 Å². The van der Waals surface area contributed by atoms with Crippen LogP contribution in [0.15, 0.2) is 524 Å². The molecular formula is C138H85N3O2S3Si2. The second-order valence-corrected chi connectivity index (χ2v) is 50.1. The first-order valence-corrected chi connectivity index (χ1v) is 57.1. The molecule has 0 bridgehead atoms. The van der Waals surface area contributed by atoms with E-state index < -0.39 is 16.1 Å². The molecule has 5 nitrogen and oxygen atoms in total. The Kier molecular flexibility index (Phi) is 19.1. The fraction of sp³-hybridized carbons (Fsp3) is 0. The zero-order valence-electron chi connectivity index (χ0n) is 80.0. The van der Waals surface area contributed by atoms with Crippen LogP contribution in [-0.4, -0.2) is 29.8 Å². The van der Waals surface area contributed by atoms with Crippen LogP contribution in [0, 0.1) is 0 Å². The molecule has 0 saturated heterocycles. The summed E-state index contributed by atoms with van der Waals surface area (Å²) in [5.74, 6) is 0. The Balaban J connectivity index is 0.502. The number of hydrogen-bond acceptors (Lipinski definition) is 5. The lowest BCUT2D eigenvalue weighted by molar-refractivity contribution is 0.668. The molecule has 690 valence electrons. The van der Waals surface area contributed by atoms with E-state index in [2.05, 4.69) is 529 Å². The van der Waals surface area contributed by atoms with Crippen LogP contribution in [-0.2, 0) is 0 Å². The Hall–Kier alpha value is -17.8. The number of hydrogen-bond donors (Lipinski definition) is 0. The maximum Gasteiger partial charge on any atom is 0.182 e. The zero-order valence-corrected chi connectivity index (χ0v) is 84.4. The normalized spacial score (nSPS) is 12.3. The van der Waals surface area contributed by atoms with Crippen LogP contribution in [0.25, 0.3) is 243 Å². The van der Waals surface area contributed by atoms with Crippen LogP contribution in [0.3, 0.4) is 0 Å². The van der Waals surface area contributed by atoms with Crippen LogP contribution in [0.5, 0.6) is 0 Å². The highest BCUT2D eigenvalue weighted by molar-refractivity contribution is 7.34. The second-order valence-electron chi connectivity index (χ2n) is 39.4. The average molecular weight is 1970 g/mol. The van der Waals surface area contributed by atoms with E-state index in [0.717, 1.165) is 111 Å². The van der Waals surface area contributed by atoms with Gasteiger partial charge in [-0.2, -0.15) is 0 Å². The molecule has 0 aliphatic rings. The highest BCUT2D eigenvalue weighted by atomic mass is 32.1. The van der Waals surface area contributed by atoms with Crippen LogP contribution < -0.4 is 41.5 Å². The quantitative estimate of drug-likeness (QED) is 0.0715. The standard InChI is InChI=1S/C138H85N3O2S3Si2/c1-5-35-97(36-6-1)147(98-37-7-2-8-38-98,101-43-26-33-91(76-101)113-80-93(81-119-108-49-18-24-60-131(108)144-136(113)119)90-63-69-109-111-53-30-62-134(138(111)146-132(109)82-90)148(99-39-9-3-10-40-99,100-41-11-4-12-42-100)133-61-29-52-110-107-48-17-23-59-130(107)145-137(110)133)102-44-27-34-94(83-102)139-122-56-21-15-47-106(122)114-79-92(64-70-124(114)139)103-51-28-58-125-135(103)112-50-16-22-57-123(112)141(125)96-68-74-129-118(85-96)116-78-89(66-72-127(116)143-129)87-32-25-31-86(75-87)88-65-71-126-115(77-88)117-84-95(67-73-128(117)142-126)140-120-54-19-13-45-104(120)105-46-14-20-55-121(105)140/h1-85H. The first-order chi connectivity index (χ1) is 73.3. The second kappa shape index (κ2) is 33.4. The van der Waals surface area contributed by atoms with Crippen molar-refractivity contribution < 1.29 is 8.83 Å². The summed E-state index contributed by atoms with van der Waals surface area (Å²) >= 11 is 5.82. The third kappa shape index (κ3) is 12.8. The van der Waals surface area contributed by atoms with Gasteiger partial charge in [-0.25, -0.2) is 0 Å². The molecule has 0 aliphatic heterocycles.